The van der Waals surface area contributed by atoms with Crippen molar-refractivity contribution in [2.24, 2.45) is 0 Å². The van der Waals surface area contributed by atoms with Gasteiger partial charge in [-0.2, -0.15) is 4.57 Å². The van der Waals surface area contributed by atoms with Gasteiger partial charge in [-0.3, -0.25) is 4.79 Å². The summed E-state index contributed by atoms with van der Waals surface area (Å²) in [6, 6.07) is 8.30. The highest BCUT2D eigenvalue weighted by atomic mass is 19.1. The summed E-state index contributed by atoms with van der Waals surface area (Å²) in [5.74, 6) is -0.301. The van der Waals surface area contributed by atoms with Crippen molar-refractivity contribution in [3.63, 3.8) is 0 Å². The fourth-order valence-corrected chi connectivity index (χ4v) is 2.84. The predicted molar refractivity (Wildman–Crippen MR) is 81.5 cm³/mol. The van der Waals surface area contributed by atoms with Gasteiger partial charge < -0.3 is 5.32 Å². The molecule has 22 heavy (non-hydrogen) atoms. The minimum atomic E-state index is -0.264. The summed E-state index contributed by atoms with van der Waals surface area (Å²) in [5.41, 5.74) is 3.67. The number of aryl methyl sites for hydroxylation is 2. The molecule has 3 rings (SSSR count). The number of carbonyl (C=O) groups excluding carboxylic acids is 1. The van der Waals surface area contributed by atoms with Crippen molar-refractivity contribution in [2.45, 2.75) is 38.8 Å². The summed E-state index contributed by atoms with van der Waals surface area (Å²) < 4.78 is 14.8. The van der Waals surface area contributed by atoms with Crippen LogP contribution < -0.4 is 9.88 Å². The highest BCUT2D eigenvalue weighted by Crippen LogP contribution is 2.18. The van der Waals surface area contributed by atoms with Gasteiger partial charge in [0, 0.05) is 18.2 Å². The second-order valence-corrected chi connectivity index (χ2v) is 5.78. The Morgan fingerprint density at radius 3 is 2.59 bits per heavy atom. The maximum Gasteiger partial charge on any atom is 0.286 e. The van der Waals surface area contributed by atoms with E-state index in [1.165, 1.54) is 36.1 Å². The number of carbonyl (C=O) groups is 1. The number of nitrogens with zero attached hydrogens (tertiary/aromatic N) is 1. The first-order valence-electron chi connectivity index (χ1n) is 7.73. The zero-order valence-electron chi connectivity index (χ0n) is 12.5. The zero-order valence-corrected chi connectivity index (χ0v) is 12.5. The lowest BCUT2D eigenvalue weighted by molar-refractivity contribution is -0.685. The van der Waals surface area contributed by atoms with Gasteiger partial charge in [0.15, 0.2) is 12.4 Å². The van der Waals surface area contributed by atoms with Crippen LogP contribution in [0.2, 0.25) is 0 Å². The third-order valence-corrected chi connectivity index (χ3v) is 4.07. The molecule has 4 heteroatoms. The SMILES string of the molecule is O=C(C[n+]1ccc2c(c1)CCCC2)NCc1ccc(F)cc1. The molecule has 1 aliphatic rings. The molecule has 0 atom stereocenters. The van der Waals surface area contributed by atoms with Gasteiger partial charge in [0.05, 0.1) is 0 Å². The van der Waals surface area contributed by atoms with Crippen LogP contribution >= 0.6 is 0 Å². The summed E-state index contributed by atoms with van der Waals surface area (Å²) in [4.78, 5) is 12.0. The van der Waals surface area contributed by atoms with Crippen molar-refractivity contribution < 1.29 is 13.8 Å². The number of nitrogens with one attached hydrogen (secondary N) is 1. The van der Waals surface area contributed by atoms with Crippen molar-refractivity contribution >= 4 is 5.91 Å². The van der Waals surface area contributed by atoms with Gasteiger partial charge in [-0.1, -0.05) is 12.1 Å². The van der Waals surface area contributed by atoms with Crippen LogP contribution in [0, 0.1) is 5.82 Å². The molecule has 1 N–H and O–H groups in total. The molecule has 1 aromatic heterocycles. The Hall–Kier alpha value is -2.23. The Kier molecular flexibility index (Phi) is 4.47. The molecular weight excluding hydrogens is 279 g/mol. The Morgan fingerprint density at radius 2 is 1.82 bits per heavy atom. The summed E-state index contributed by atoms with van der Waals surface area (Å²) in [5, 5.41) is 2.86. The van der Waals surface area contributed by atoms with Gasteiger partial charge in [-0.05, 0) is 48.9 Å². The average molecular weight is 299 g/mol. The molecule has 0 saturated heterocycles. The van der Waals surface area contributed by atoms with Crippen LogP contribution in [-0.4, -0.2) is 5.91 Å². The molecule has 3 nitrogen and oxygen atoms in total. The minimum absolute atomic E-state index is 0.0370. The quantitative estimate of drug-likeness (QED) is 0.864. The van der Waals surface area contributed by atoms with Gasteiger partial charge in [0.1, 0.15) is 5.82 Å². The lowest BCUT2D eigenvalue weighted by Crippen LogP contribution is -2.43. The first kappa shape index (κ1) is 14.7. The van der Waals surface area contributed by atoms with Crippen LogP contribution in [0.25, 0.3) is 0 Å². The molecule has 1 amide bonds. The highest BCUT2D eigenvalue weighted by Gasteiger charge is 2.15. The largest absolute Gasteiger partial charge is 0.347 e. The zero-order chi connectivity index (χ0) is 15.4. The van der Waals surface area contributed by atoms with E-state index in [4.69, 9.17) is 0 Å². The molecule has 0 saturated carbocycles. The standard InChI is InChI=1S/C18H19FN2O/c19-17-7-5-14(6-8-17)11-20-18(22)13-21-10-9-15-3-1-2-4-16(15)12-21/h5-10,12H,1-4,11,13H2/p+1. The number of rotatable bonds is 4. The predicted octanol–water partition coefficient (Wildman–Crippen LogP) is 2.31. The Labute approximate surface area is 129 Å². The molecule has 2 aromatic rings. The summed E-state index contributed by atoms with van der Waals surface area (Å²) in [6.45, 7) is 0.735. The molecule has 1 heterocycles. The number of hydrogen-bond acceptors (Lipinski definition) is 1. The van der Waals surface area contributed by atoms with Crippen molar-refractivity contribution in [3.8, 4) is 0 Å². The van der Waals surface area contributed by atoms with Crippen LogP contribution in [0.3, 0.4) is 0 Å². The maximum absolute atomic E-state index is 12.8. The van der Waals surface area contributed by atoms with Crippen molar-refractivity contribution in [1.82, 2.24) is 5.32 Å². The monoisotopic (exact) mass is 299 g/mol. The van der Waals surface area contributed by atoms with Gasteiger partial charge in [0.2, 0.25) is 6.54 Å². The molecular formula is C18H20FN2O+. The van der Waals surface area contributed by atoms with E-state index < -0.39 is 0 Å². The summed E-state index contributed by atoms with van der Waals surface area (Å²) in [6.07, 6.45) is 8.80. The summed E-state index contributed by atoms with van der Waals surface area (Å²) in [7, 11) is 0. The Bertz CT molecular complexity index is 667. The van der Waals surface area contributed by atoms with Gasteiger partial charge in [0.25, 0.3) is 5.91 Å². The molecule has 0 aliphatic heterocycles. The van der Waals surface area contributed by atoms with Crippen molar-refractivity contribution in [3.05, 3.63) is 65.2 Å². The smallest absolute Gasteiger partial charge is 0.286 e. The second-order valence-electron chi connectivity index (χ2n) is 5.78. The number of aromatic nitrogens is 1. The van der Waals surface area contributed by atoms with Gasteiger partial charge >= 0.3 is 0 Å². The number of pyridine rings is 1. The number of benzene rings is 1. The lowest BCUT2D eigenvalue weighted by atomic mass is 9.93. The minimum Gasteiger partial charge on any atom is -0.347 e. The highest BCUT2D eigenvalue weighted by molar-refractivity contribution is 5.74. The van der Waals surface area contributed by atoms with E-state index in [2.05, 4.69) is 17.6 Å². The van der Waals surface area contributed by atoms with Crippen LogP contribution in [0.15, 0.2) is 42.7 Å². The molecule has 0 spiro atoms. The average Bonchev–Trinajstić information content (AvgIpc) is 2.54. The van der Waals surface area contributed by atoms with E-state index in [-0.39, 0.29) is 11.7 Å². The van der Waals surface area contributed by atoms with Crippen LogP contribution in [0.1, 0.15) is 29.5 Å². The molecule has 0 fully saturated rings. The number of halogens is 1. The molecule has 0 unspecified atom stereocenters. The van der Waals surface area contributed by atoms with Crippen LogP contribution in [-0.2, 0) is 30.7 Å². The molecule has 0 radical (unpaired) electrons. The van der Waals surface area contributed by atoms with E-state index in [0.29, 0.717) is 13.1 Å². The normalized spacial score (nSPS) is 13.5. The molecule has 1 aromatic carbocycles. The lowest BCUT2D eigenvalue weighted by Gasteiger charge is -2.13. The fraction of sp³-hybridized carbons (Fsp3) is 0.333. The summed E-state index contributed by atoms with van der Waals surface area (Å²) >= 11 is 0. The van der Waals surface area contributed by atoms with E-state index in [1.807, 2.05) is 10.8 Å². The number of fused-ring (bicyclic) bond motifs is 1. The van der Waals surface area contributed by atoms with Crippen LogP contribution in [0.5, 0.6) is 0 Å². The van der Waals surface area contributed by atoms with E-state index in [1.54, 1.807) is 12.1 Å². The molecule has 1 aliphatic carbocycles. The van der Waals surface area contributed by atoms with E-state index in [0.717, 1.165) is 18.4 Å². The first-order chi connectivity index (χ1) is 10.7. The van der Waals surface area contributed by atoms with E-state index in [9.17, 15) is 9.18 Å². The third kappa shape index (κ3) is 3.70. The fourth-order valence-electron chi connectivity index (χ4n) is 2.84. The second kappa shape index (κ2) is 6.69. The maximum atomic E-state index is 12.8. The van der Waals surface area contributed by atoms with Gasteiger partial charge in [-0.15, -0.1) is 0 Å². The first-order valence-corrected chi connectivity index (χ1v) is 7.73. The van der Waals surface area contributed by atoms with E-state index >= 15 is 0 Å². The number of amides is 1. The van der Waals surface area contributed by atoms with Crippen molar-refractivity contribution in [2.75, 3.05) is 0 Å². The number of hydrogen-bond donors (Lipinski definition) is 1. The third-order valence-electron chi connectivity index (χ3n) is 4.07. The van der Waals surface area contributed by atoms with Crippen LogP contribution in [0.4, 0.5) is 4.39 Å². The molecule has 0 bridgehead atoms. The Morgan fingerprint density at radius 1 is 1.09 bits per heavy atom. The van der Waals surface area contributed by atoms with Gasteiger partial charge in [-0.25, -0.2) is 4.39 Å². The van der Waals surface area contributed by atoms with Crippen molar-refractivity contribution in [1.29, 1.82) is 0 Å². The topological polar surface area (TPSA) is 33.0 Å². The Balaban J connectivity index is 1.56. The molecule has 114 valence electrons.